The van der Waals surface area contributed by atoms with Crippen LogP contribution in [-0.2, 0) is 0 Å². The summed E-state index contributed by atoms with van der Waals surface area (Å²) in [6.07, 6.45) is 0. The van der Waals surface area contributed by atoms with Gasteiger partial charge in [0.2, 0.25) is 0 Å². The number of aromatic nitrogens is 3. The maximum absolute atomic E-state index is 5.28. The molecule has 290 valence electrons. The van der Waals surface area contributed by atoms with Crippen LogP contribution >= 0.6 is 0 Å². The van der Waals surface area contributed by atoms with Gasteiger partial charge in [-0.1, -0.05) is 231 Å². The summed E-state index contributed by atoms with van der Waals surface area (Å²) in [4.78, 5) is 15.7. The van der Waals surface area contributed by atoms with Gasteiger partial charge in [-0.2, -0.15) is 0 Å². The van der Waals surface area contributed by atoms with Gasteiger partial charge in [-0.25, -0.2) is 15.0 Å². The van der Waals surface area contributed by atoms with E-state index >= 15 is 0 Å². The Kier molecular flexibility index (Phi) is 9.53. The third-order valence-corrected chi connectivity index (χ3v) is 11.8. The number of nitrogens with zero attached hydrogens (tertiary/aromatic N) is 3. The molecule has 0 aliphatic carbocycles. The molecular weight excluding hydrogens is 751 g/mol. The van der Waals surface area contributed by atoms with Crippen LogP contribution < -0.4 is 0 Å². The molecule has 3 nitrogen and oxygen atoms in total. The Morgan fingerprint density at radius 2 is 0.581 bits per heavy atom. The van der Waals surface area contributed by atoms with Crippen molar-refractivity contribution in [1.82, 2.24) is 15.0 Å². The second kappa shape index (κ2) is 16.1. The summed E-state index contributed by atoms with van der Waals surface area (Å²) in [7, 11) is 0. The number of hydrogen-bond acceptors (Lipinski definition) is 3. The minimum atomic E-state index is 0.615. The first-order chi connectivity index (χ1) is 30.7. The SMILES string of the molecule is c1ccc(-c2ccc(-c3ccccc3-c3nc(-c4ccc(-c5cccc6ccccc56)cc4)nc(-c4cccc(-c5ccc(-c6ccccc6)c6ccccc56)c4)n3)cc2)cc1. The summed E-state index contributed by atoms with van der Waals surface area (Å²) in [6, 6.07) is 83.6. The molecule has 1 aromatic heterocycles. The fourth-order valence-corrected chi connectivity index (χ4v) is 8.68. The van der Waals surface area contributed by atoms with E-state index in [0.717, 1.165) is 44.5 Å². The average molecular weight is 790 g/mol. The molecule has 1 heterocycles. The van der Waals surface area contributed by atoms with Gasteiger partial charge in [0.1, 0.15) is 0 Å². The van der Waals surface area contributed by atoms with Crippen LogP contribution in [0.3, 0.4) is 0 Å². The van der Waals surface area contributed by atoms with Crippen molar-refractivity contribution in [3.05, 3.63) is 237 Å². The Bertz CT molecular complexity index is 3370. The van der Waals surface area contributed by atoms with Gasteiger partial charge in [-0.15, -0.1) is 0 Å². The van der Waals surface area contributed by atoms with E-state index in [-0.39, 0.29) is 0 Å². The Labute approximate surface area is 361 Å². The van der Waals surface area contributed by atoms with Crippen molar-refractivity contribution in [2.24, 2.45) is 0 Å². The maximum Gasteiger partial charge on any atom is 0.164 e. The van der Waals surface area contributed by atoms with Crippen LogP contribution in [0.1, 0.15) is 0 Å². The van der Waals surface area contributed by atoms with Gasteiger partial charge in [-0.05, 0) is 83.2 Å². The zero-order valence-electron chi connectivity index (χ0n) is 33.9. The summed E-state index contributed by atoms with van der Waals surface area (Å²) >= 11 is 0. The Balaban J connectivity index is 1.04. The highest BCUT2D eigenvalue weighted by Crippen LogP contribution is 2.38. The van der Waals surface area contributed by atoms with Crippen molar-refractivity contribution in [3.63, 3.8) is 0 Å². The Hall–Kier alpha value is -8.27. The highest BCUT2D eigenvalue weighted by atomic mass is 15.0. The van der Waals surface area contributed by atoms with Gasteiger partial charge in [0.15, 0.2) is 17.5 Å². The summed E-state index contributed by atoms with van der Waals surface area (Å²) in [6.45, 7) is 0. The molecule has 0 radical (unpaired) electrons. The third kappa shape index (κ3) is 7.02. The van der Waals surface area contributed by atoms with Crippen molar-refractivity contribution < 1.29 is 0 Å². The minimum Gasteiger partial charge on any atom is -0.208 e. The van der Waals surface area contributed by atoms with Crippen molar-refractivity contribution in [3.8, 4) is 89.8 Å². The fourth-order valence-electron chi connectivity index (χ4n) is 8.68. The van der Waals surface area contributed by atoms with Crippen molar-refractivity contribution in [2.45, 2.75) is 0 Å². The zero-order valence-corrected chi connectivity index (χ0v) is 33.9. The quantitative estimate of drug-likeness (QED) is 0.154. The van der Waals surface area contributed by atoms with E-state index < -0.39 is 0 Å². The van der Waals surface area contributed by atoms with Gasteiger partial charge in [0, 0.05) is 16.7 Å². The van der Waals surface area contributed by atoms with Gasteiger partial charge in [0.05, 0.1) is 0 Å². The summed E-state index contributed by atoms with van der Waals surface area (Å²) in [5, 5.41) is 4.85. The lowest BCUT2D eigenvalue weighted by Crippen LogP contribution is -2.01. The first kappa shape index (κ1) is 36.8. The van der Waals surface area contributed by atoms with Crippen LogP contribution in [0, 0.1) is 0 Å². The van der Waals surface area contributed by atoms with Gasteiger partial charge < -0.3 is 0 Å². The Morgan fingerprint density at radius 3 is 1.29 bits per heavy atom. The molecule has 62 heavy (non-hydrogen) atoms. The van der Waals surface area contributed by atoms with Crippen molar-refractivity contribution in [1.29, 1.82) is 0 Å². The summed E-state index contributed by atoms with van der Waals surface area (Å²) < 4.78 is 0. The van der Waals surface area contributed by atoms with E-state index in [0.29, 0.717) is 17.5 Å². The van der Waals surface area contributed by atoms with Crippen LogP contribution in [-0.4, -0.2) is 15.0 Å². The van der Waals surface area contributed by atoms with Crippen LogP contribution in [0.15, 0.2) is 237 Å². The molecule has 0 aliphatic rings. The molecule has 0 aliphatic heterocycles. The molecule has 0 fully saturated rings. The van der Waals surface area contributed by atoms with E-state index in [1.807, 2.05) is 6.07 Å². The van der Waals surface area contributed by atoms with E-state index in [2.05, 4.69) is 231 Å². The molecule has 0 atom stereocenters. The normalized spacial score (nSPS) is 11.2. The Morgan fingerprint density at radius 1 is 0.194 bits per heavy atom. The molecule has 0 amide bonds. The number of hydrogen-bond donors (Lipinski definition) is 0. The molecule has 11 aromatic rings. The number of rotatable bonds is 8. The van der Waals surface area contributed by atoms with Crippen LogP contribution in [0.25, 0.3) is 111 Å². The van der Waals surface area contributed by atoms with Gasteiger partial charge in [0.25, 0.3) is 0 Å². The molecule has 3 heteroatoms. The van der Waals surface area contributed by atoms with E-state index in [4.69, 9.17) is 15.0 Å². The summed E-state index contributed by atoms with van der Waals surface area (Å²) in [5.74, 6) is 1.85. The molecule has 0 unspecified atom stereocenters. The number of benzene rings is 10. The maximum atomic E-state index is 5.28. The van der Waals surface area contributed by atoms with Gasteiger partial charge in [-0.3, -0.25) is 0 Å². The molecule has 10 aromatic carbocycles. The largest absolute Gasteiger partial charge is 0.208 e. The van der Waals surface area contributed by atoms with Crippen LogP contribution in [0.5, 0.6) is 0 Å². The molecule has 0 saturated carbocycles. The minimum absolute atomic E-state index is 0.615. The highest BCUT2D eigenvalue weighted by molar-refractivity contribution is 6.05. The first-order valence-corrected chi connectivity index (χ1v) is 21.0. The second-order valence-corrected chi connectivity index (χ2v) is 15.6. The predicted octanol–water partition coefficient (Wildman–Crippen LogP) is 15.5. The molecule has 11 rings (SSSR count). The molecule has 0 N–H and O–H groups in total. The molecule has 0 bridgehead atoms. The standard InChI is InChI=1S/C59H39N3/c1-3-15-40(16-4-1)41-29-31-45(32-30-41)51-24-9-12-27-56(51)59-61-57(46-35-33-44(34-36-46)50-28-14-20-43-19-7-8-23-49(43)50)60-58(62-59)48-22-13-21-47(39-48)53-38-37-52(42-17-5-2-6-18-42)54-25-10-11-26-55(53)54/h1-39H. The number of fused-ring (bicyclic) bond motifs is 2. The predicted molar refractivity (Wildman–Crippen MR) is 258 cm³/mol. The zero-order chi connectivity index (χ0) is 41.2. The molecule has 0 saturated heterocycles. The molecular formula is C59H39N3. The van der Waals surface area contributed by atoms with Crippen LogP contribution in [0.2, 0.25) is 0 Å². The smallest absolute Gasteiger partial charge is 0.164 e. The third-order valence-electron chi connectivity index (χ3n) is 11.8. The second-order valence-electron chi connectivity index (χ2n) is 15.6. The van der Waals surface area contributed by atoms with Crippen molar-refractivity contribution in [2.75, 3.05) is 0 Å². The van der Waals surface area contributed by atoms with Gasteiger partial charge >= 0.3 is 0 Å². The van der Waals surface area contributed by atoms with E-state index in [9.17, 15) is 0 Å². The lowest BCUT2D eigenvalue weighted by atomic mass is 9.91. The lowest BCUT2D eigenvalue weighted by molar-refractivity contribution is 1.07. The van der Waals surface area contributed by atoms with Crippen molar-refractivity contribution >= 4 is 21.5 Å². The monoisotopic (exact) mass is 789 g/mol. The highest BCUT2D eigenvalue weighted by Gasteiger charge is 2.18. The average Bonchev–Trinajstić information content (AvgIpc) is 3.36. The lowest BCUT2D eigenvalue weighted by Gasteiger charge is -2.14. The topological polar surface area (TPSA) is 38.7 Å². The van der Waals surface area contributed by atoms with E-state index in [1.54, 1.807) is 0 Å². The van der Waals surface area contributed by atoms with E-state index in [1.165, 1.54) is 49.4 Å². The molecule has 0 spiro atoms. The summed E-state index contributed by atoms with van der Waals surface area (Å²) in [5.41, 5.74) is 14.3. The van der Waals surface area contributed by atoms with Crippen LogP contribution in [0.4, 0.5) is 0 Å². The fraction of sp³-hybridized carbons (Fsp3) is 0. The first-order valence-electron chi connectivity index (χ1n) is 21.0.